The Hall–Kier alpha value is -2.08. The molecule has 1 N–H and O–H groups in total. The van der Waals surface area contributed by atoms with Crippen LogP contribution in [0.1, 0.15) is 33.5 Å². The fourth-order valence-corrected chi connectivity index (χ4v) is 3.74. The van der Waals surface area contributed by atoms with Crippen LogP contribution in [0.4, 0.5) is 0 Å². The molecule has 1 aliphatic carbocycles. The molecule has 5 nitrogen and oxygen atoms in total. The highest BCUT2D eigenvalue weighted by molar-refractivity contribution is 7.11. The molecule has 1 aliphatic rings. The lowest BCUT2D eigenvalue weighted by Crippen LogP contribution is -2.24. The lowest BCUT2D eigenvalue weighted by Gasteiger charge is -2.10. The van der Waals surface area contributed by atoms with Gasteiger partial charge < -0.3 is 14.8 Å². The highest BCUT2D eigenvalue weighted by atomic mass is 32.1. The molecule has 2 aromatic rings. The van der Waals surface area contributed by atoms with Gasteiger partial charge in [0, 0.05) is 22.3 Å². The lowest BCUT2D eigenvalue weighted by atomic mass is 10.1. The molecule has 1 fully saturated rings. The van der Waals surface area contributed by atoms with Gasteiger partial charge >= 0.3 is 0 Å². The Balaban J connectivity index is 1.63. The number of carbonyl (C=O) groups excluding carboxylic acids is 1. The molecule has 24 heavy (non-hydrogen) atoms. The molecule has 1 aromatic carbocycles. The minimum atomic E-state index is -0.00633. The first-order valence-corrected chi connectivity index (χ1v) is 8.77. The third-order valence-electron chi connectivity index (χ3n) is 4.45. The first-order valence-electron chi connectivity index (χ1n) is 7.96. The van der Waals surface area contributed by atoms with E-state index in [0.717, 1.165) is 34.2 Å². The van der Waals surface area contributed by atoms with Crippen LogP contribution in [-0.2, 0) is 11.3 Å². The van der Waals surface area contributed by atoms with E-state index in [1.165, 1.54) is 4.88 Å². The first-order chi connectivity index (χ1) is 11.5. The van der Waals surface area contributed by atoms with Gasteiger partial charge in [-0.15, -0.1) is 11.3 Å². The van der Waals surface area contributed by atoms with E-state index in [2.05, 4.69) is 10.3 Å². The van der Waals surface area contributed by atoms with E-state index < -0.39 is 0 Å². The fraction of sp³-hybridized carbons (Fsp3) is 0.444. The largest absolute Gasteiger partial charge is 0.497 e. The summed E-state index contributed by atoms with van der Waals surface area (Å²) >= 11 is 1.63. The number of nitrogens with one attached hydrogen (secondary N) is 1. The quantitative estimate of drug-likeness (QED) is 0.872. The van der Waals surface area contributed by atoms with Crippen molar-refractivity contribution in [3.63, 3.8) is 0 Å². The Morgan fingerprint density at radius 2 is 2.12 bits per heavy atom. The van der Waals surface area contributed by atoms with E-state index in [-0.39, 0.29) is 17.7 Å². The van der Waals surface area contributed by atoms with Crippen LogP contribution in [0.3, 0.4) is 0 Å². The van der Waals surface area contributed by atoms with Gasteiger partial charge in [-0.05, 0) is 38.5 Å². The van der Waals surface area contributed by atoms with Gasteiger partial charge in [-0.1, -0.05) is 0 Å². The van der Waals surface area contributed by atoms with Crippen LogP contribution in [0.15, 0.2) is 18.2 Å². The molecule has 3 rings (SSSR count). The summed E-state index contributed by atoms with van der Waals surface area (Å²) in [6.45, 7) is 4.53. The van der Waals surface area contributed by atoms with Gasteiger partial charge in [-0.2, -0.15) is 0 Å². The number of methoxy groups -OCH3 is 2. The molecule has 128 valence electrons. The fourth-order valence-electron chi connectivity index (χ4n) is 2.87. The van der Waals surface area contributed by atoms with Crippen molar-refractivity contribution in [1.29, 1.82) is 0 Å². The molecular weight excluding hydrogens is 324 g/mol. The van der Waals surface area contributed by atoms with Crippen molar-refractivity contribution in [3.05, 3.63) is 39.3 Å². The molecule has 0 radical (unpaired) electrons. The van der Waals surface area contributed by atoms with Gasteiger partial charge in [0.25, 0.3) is 0 Å². The van der Waals surface area contributed by atoms with Crippen LogP contribution >= 0.6 is 11.3 Å². The summed E-state index contributed by atoms with van der Waals surface area (Å²) in [5, 5.41) is 3.96. The molecule has 0 unspecified atom stereocenters. The molecule has 1 amide bonds. The van der Waals surface area contributed by atoms with E-state index in [1.54, 1.807) is 25.6 Å². The Morgan fingerprint density at radius 1 is 1.33 bits per heavy atom. The van der Waals surface area contributed by atoms with Crippen molar-refractivity contribution in [3.8, 4) is 11.5 Å². The standard InChI is InChI=1S/C18H22N2O3S/c1-10-11(2)24-17(20-10)9-19-18(21)15-8-13(15)14-7-12(22-3)5-6-16(14)23-4/h5-7,13,15H,8-9H2,1-4H3,(H,19,21)/t13-,15+/m0/s1. The van der Waals surface area contributed by atoms with Gasteiger partial charge in [-0.25, -0.2) is 4.98 Å². The summed E-state index contributed by atoms with van der Waals surface area (Å²) in [7, 11) is 3.29. The summed E-state index contributed by atoms with van der Waals surface area (Å²) < 4.78 is 10.7. The van der Waals surface area contributed by atoms with Crippen LogP contribution in [0.2, 0.25) is 0 Å². The second-order valence-corrected chi connectivity index (χ2v) is 7.31. The number of amides is 1. The van der Waals surface area contributed by atoms with Crippen molar-refractivity contribution in [1.82, 2.24) is 10.3 Å². The maximum Gasteiger partial charge on any atom is 0.224 e. The number of benzene rings is 1. The summed E-state index contributed by atoms with van der Waals surface area (Å²) in [5.74, 6) is 1.85. The van der Waals surface area contributed by atoms with Gasteiger partial charge in [0.05, 0.1) is 26.5 Å². The van der Waals surface area contributed by atoms with Crippen molar-refractivity contribution in [2.24, 2.45) is 5.92 Å². The van der Waals surface area contributed by atoms with E-state index in [1.807, 2.05) is 32.0 Å². The SMILES string of the molecule is COc1ccc(OC)c([C@@H]2C[C@H]2C(=O)NCc2nc(C)c(C)s2)c1. The molecule has 2 atom stereocenters. The van der Waals surface area contributed by atoms with Crippen molar-refractivity contribution >= 4 is 17.2 Å². The average Bonchev–Trinajstić information content (AvgIpc) is 3.32. The van der Waals surface area contributed by atoms with Crippen LogP contribution in [0.25, 0.3) is 0 Å². The minimum Gasteiger partial charge on any atom is -0.497 e. The van der Waals surface area contributed by atoms with Crippen LogP contribution in [-0.4, -0.2) is 25.1 Å². The number of ether oxygens (including phenoxy) is 2. The first kappa shape index (κ1) is 16.8. The number of hydrogen-bond acceptors (Lipinski definition) is 5. The Kier molecular flexibility index (Phi) is 4.76. The topological polar surface area (TPSA) is 60.5 Å². The van der Waals surface area contributed by atoms with E-state index >= 15 is 0 Å². The van der Waals surface area contributed by atoms with Crippen LogP contribution in [0.5, 0.6) is 11.5 Å². The Bertz CT molecular complexity index is 737. The molecule has 0 spiro atoms. The lowest BCUT2D eigenvalue weighted by molar-refractivity contribution is -0.122. The average molecular weight is 346 g/mol. The monoisotopic (exact) mass is 346 g/mol. The molecule has 0 bridgehead atoms. The van der Waals surface area contributed by atoms with Crippen LogP contribution in [0, 0.1) is 19.8 Å². The molecular formula is C18H22N2O3S. The molecule has 1 saturated carbocycles. The van der Waals surface area contributed by atoms with E-state index in [9.17, 15) is 4.79 Å². The van der Waals surface area contributed by atoms with Crippen molar-refractivity contribution in [2.45, 2.75) is 32.7 Å². The second-order valence-electron chi connectivity index (χ2n) is 6.02. The summed E-state index contributed by atoms with van der Waals surface area (Å²) in [5.41, 5.74) is 2.08. The number of carbonyl (C=O) groups is 1. The normalized spacial score (nSPS) is 19.0. The smallest absolute Gasteiger partial charge is 0.224 e. The highest BCUT2D eigenvalue weighted by Gasteiger charge is 2.45. The number of hydrogen-bond donors (Lipinski definition) is 1. The minimum absolute atomic E-state index is 0.00633. The van der Waals surface area contributed by atoms with Gasteiger partial charge in [-0.3, -0.25) is 4.79 Å². The molecule has 0 saturated heterocycles. The molecule has 0 aliphatic heterocycles. The number of rotatable bonds is 6. The maximum atomic E-state index is 12.4. The third kappa shape index (κ3) is 3.38. The zero-order valence-corrected chi connectivity index (χ0v) is 15.2. The zero-order valence-electron chi connectivity index (χ0n) is 14.4. The summed E-state index contributed by atoms with van der Waals surface area (Å²) in [6, 6.07) is 5.72. The predicted molar refractivity (Wildman–Crippen MR) is 93.8 cm³/mol. The van der Waals surface area contributed by atoms with Crippen molar-refractivity contribution in [2.75, 3.05) is 14.2 Å². The van der Waals surface area contributed by atoms with Gasteiger partial charge in [0.2, 0.25) is 5.91 Å². The highest BCUT2D eigenvalue weighted by Crippen LogP contribution is 2.51. The van der Waals surface area contributed by atoms with Gasteiger partial charge in [0.15, 0.2) is 0 Å². The summed E-state index contributed by atoms with van der Waals surface area (Å²) in [4.78, 5) is 18.1. The third-order valence-corrected chi connectivity index (χ3v) is 5.52. The van der Waals surface area contributed by atoms with Crippen molar-refractivity contribution < 1.29 is 14.3 Å². The Labute approximate surface area is 146 Å². The zero-order chi connectivity index (χ0) is 17.3. The maximum absolute atomic E-state index is 12.4. The molecule has 1 heterocycles. The number of aromatic nitrogens is 1. The number of thiazole rings is 1. The van der Waals surface area contributed by atoms with E-state index in [4.69, 9.17) is 9.47 Å². The molecule has 6 heteroatoms. The second kappa shape index (κ2) is 6.81. The van der Waals surface area contributed by atoms with Gasteiger partial charge in [0.1, 0.15) is 16.5 Å². The predicted octanol–water partition coefficient (Wildman–Crippen LogP) is 3.20. The number of nitrogens with zero attached hydrogens (tertiary/aromatic N) is 1. The summed E-state index contributed by atoms with van der Waals surface area (Å²) in [6.07, 6.45) is 0.839. The van der Waals surface area contributed by atoms with Crippen LogP contribution < -0.4 is 14.8 Å². The molecule has 1 aromatic heterocycles. The number of aryl methyl sites for hydroxylation is 2. The van der Waals surface area contributed by atoms with E-state index in [0.29, 0.717) is 6.54 Å². The Morgan fingerprint density at radius 3 is 2.75 bits per heavy atom.